The second-order valence-electron chi connectivity index (χ2n) is 4.58. The van der Waals surface area contributed by atoms with Crippen molar-refractivity contribution in [3.63, 3.8) is 0 Å². The Bertz CT molecular complexity index is 253. The standard InChI is InChI=1S/C12H23N3O/c1-3-4-5-6-7-8-10(2)15-9-11(16)14-12(15)13/h10H,3-9H2,1-2H3,(H2,13,14,16). The van der Waals surface area contributed by atoms with E-state index in [0.29, 0.717) is 12.6 Å². The molecule has 0 aromatic heterocycles. The zero-order valence-electron chi connectivity index (χ0n) is 10.4. The first kappa shape index (κ1) is 13.0. The van der Waals surface area contributed by atoms with Crippen molar-refractivity contribution in [2.45, 2.75) is 58.4 Å². The molecule has 1 unspecified atom stereocenters. The van der Waals surface area contributed by atoms with E-state index < -0.39 is 0 Å². The van der Waals surface area contributed by atoms with Crippen molar-refractivity contribution in [2.24, 2.45) is 0 Å². The summed E-state index contributed by atoms with van der Waals surface area (Å²) in [7, 11) is 0. The van der Waals surface area contributed by atoms with E-state index in [0.717, 1.165) is 6.42 Å². The molecular formula is C12H23N3O. The van der Waals surface area contributed by atoms with E-state index in [1.165, 1.54) is 32.1 Å². The number of hydrogen-bond donors (Lipinski definition) is 2. The van der Waals surface area contributed by atoms with Crippen LogP contribution < -0.4 is 5.32 Å². The van der Waals surface area contributed by atoms with Crippen LogP contribution in [0.5, 0.6) is 0 Å². The molecule has 1 fully saturated rings. The van der Waals surface area contributed by atoms with E-state index in [4.69, 9.17) is 5.41 Å². The summed E-state index contributed by atoms with van der Waals surface area (Å²) < 4.78 is 0. The molecule has 1 saturated heterocycles. The van der Waals surface area contributed by atoms with Crippen molar-refractivity contribution in [3.05, 3.63) is 0 Å². The summed E-state index contributed by atoms with van der Waals surface area (Å²) in [6.07, 6.45) is 7.41. The molecule has 0 radical (unpaired) electrons. The molecule has 0 aliphatic carbocycles. The molecule has 92 valence electrons. The molecule has 1 rings (SSSR count). The van der Waals surface area contributed by atoms with Crippen molar-refractivity contribution in [2.75, 3.05) is 6.54 Å². The third-order valence-corrected chi connectivity index (χ3v) is 3.12. The first-order valence-electron chi connectivity index (χ1n) is 6.30. The number of unbranched alkanes of at least 4 members (excludes halogenated alkanes) is 4. The lowest BCUT2D eigenvalue weighted by Gasteiger charge is -2.23. The predicted octanol–water partition coefficient (Wildman–Crippen LogP) is 2.10. The van der Waals surface area contributed by atoms with Gasteiger partial charge >= 0.3 is 0 Å². The molecule has 1 amide bonds. The molecule has 2 N–H and O–H groups in total. The second kappa shape index (κ2) is 6.51. The van der Waals surface area contributed by atoms with Crippen LogP contribution in [0.25, 0.3) is 0 Å². The van der Waals surface area contributed by atoms with Crippen molar-refractivity contribution in [1.82, 2.24) is 10.2 Å². The van der Waals surface area contributed by atoms with Gasteiger partial charge in [0, 0.05) is 6.04 Å². The Morgan fingerprint density at radius 1 is 1.38 bits per heavy atom. The topological polar surface area (TPSA) is 56.2 Å². The summed E-state index contributed by atoms with van der Waals surface area (Å²) in [6, 6.07) is 0.299. The highest BCUT2D eigenvalue weighted by molar-refractivity contribution is 6.03. The molecule has 0 bridgehead atoms. The minimum absolute atomic E-state index is 0.0529. The molecule has 1 aliphatic rings. The minimum atomic E-state index is -0.0529. The molecule has 0 aromatic rings. The van der Waals surface area contributed by atoms with Gasteiger partial charge < -0.3 is 4.90 Å². The van der Waals surface area contributed by atoms with Gasteiger partial charge in [-0.1, -0.05) is 39.0 Å². The summed E-state index contributed by atoms with van der Waals surface area (Å²) in [4.78, 5) is 12.9. The number of carbonyl (C=O) groups excluding carboxylic acids is 1. The number of guanidine groups is 1. The Labute approximate surface area is 97.9 Å². The van der Waals surface area contributed by atoms with Crippen LogP contribution >= 0.6 is 0 Å². The van der Waals surface area contributed by atoms with Gasteiger partial charge in [0.05, 0.1) is 0 Å². The number of rotatable bonds is 7. The molecule has 1 aliphatic heterocycles. The van der Waals surface area contributed by atoms with Gasteiger partial charge in [-0.05, 0) is 13.3 Å². The number of carbonyl (C=O) groups is 1. The van der Waals surface area contributed by atoms with Gasteiger partial charge in [-0.25, -0.2) is 0 Å². The normalized spacial score (nSPS) is 17.8. The Kier molecular flexibility index (Phi) is 5.29. The summed E-state index contributed by atoms with van der Waals surface area (Å²) in [5.74, 6) is 0.217. The van der Waals surface area contributed by atoms with E-state index in [2.05, 4.69) is 19.2 Å². The first-order chi connectivity index (χ1) is 7.65. The van der Waals surface area contributed by atoms with E-state index in [-0.39, 0.29) is 11.9 Å². The van der Waals surface area contributed by atoms with Crippen molar-refractivity contribution in [3.8, 4) is 0 Å². The molecular weight excluding hydrogens is 202 g/mol. The zero-order valence-corrected chi connectivity index (χ0v) is 10.4. The van der Waals surface area contributed by atoms with E-state index >= 15 is 0 Å². The van der Waals surface area contributed by atoms with Crippen LogP contribution in [0, 0.1) is 5.41 Å². The number of nitrogens with one attached hydrogen (secondary N) is 2. The zero-order chi connectivity index (χ0) is 12.0. The SMILES string of the molecule is CCCCCCCC(C)N1CC(=O)NC1=N. The average molecular weight is 225 g/mol. The lowest BCUT2D eigenvalue weighted by molar-refractivity contribution is -0.118. The predicted molar refractivity (Wildman–Crippen MR) is 65.4 cm³/mol. The van der Waals surface area contributed by atoms with Gasteiger partial charge in [0.25, 0.3) is 0 Å². The third kappa shape index (κ3) is 3.83. The molecule has 1 atom stereocenters. The minimum Gasteiger partial charge on any atom is -0.331 e. The van der Waals surface area contributed by atoms with Crippen molar-refractivity contribution in [1.29, 1.82) is 5.41 Å². The number of amides is 1. The number of nitrogens with zero attached hydrogens (tertiary/aromatic N) is 1. The Balaban J connectivity index is 2.17. The molecule has 0 saturated carbocycles. The molecule has 1 heterocycles. The van der Waals surface area contributed by atoms with Crippen molar-refractivity contribution >= 4 is 11.9 Å². The van der Waals surface area contributed by atoms with E-state index in [1.54, 1.807) is 0 Å². The van der Waals surface area contributed by atoms with Crippen LogP contribution in [-0.2, 0) is 4.79 Å². The molecule has 4 nitrogen and oxygen atoms in total. The fourth-order valence-electron chi connectivity index (χ4n) is 2.05. The van der Waals surface area contributed by atoms with Gasteiger partial charge in [-0.2, -0.15) is 0 Å². The van der Waals surface area contributed by atoms with Gasteiger partial charge in [0.15, 0.2) is 5.96 Å². The number of hydrogen-bond acceptors (Lipinski definition) is 2. The maximum Gasteiger partial charge on any atom is 0.246 e. The Hall–Kier alpha value is -1.06. The van der Waals surface area contributed by atoms with Crippen LogP contribution in [0.15, 0.2) is 0 Å². The van der Waals surface area contributed by atoms with Crippen LogP contribution in [0.1, 0.15) is 52.4 Å². The van der Waals surface area contributed by atoms with Gasteiger partial charge in [-0.15, -0.1) is 0 Å². The molecule has 4 heteroatoms. The maximum absolute atomic E-state index is 11.1. The molecule has 0 spiro atoms. The largest absolute Gasteiger partial charge is 0.331 e. The summed E-state index contributed by atoms with van der Waals surface area (Å²) in [5.41, 5.74) is 0. The van der Waals surface area contributed by atoms with Crippen LogP contribution in [0.3, 0.4) is 0 Å². The lowest BCUT2D eigenvalue weighted by atomic mass is 10.1. The fraction of sp³-hybridized carbons (Fsp3) is 0.833. The fourth-order valence-corrected chi connectivity index (χ4v) is 2.05. The first-order valence-corrected chi connectivity index (χ1v) is 6.30. The average Bonchev–Trinajstić information content (AvgIpc) is 2.57. The molecule has 0 aromatic carbocycles. The lowest BCUT2D eigenvalue weighted by Crippen LogP contribution is -2.36. The van der Waals surface area contributed by atoms with Gasteiger partial charge in [-0.3, -0.25) is 15.5 Å². The van der Waals surface area contributed by atoms with Crippen LogP contribution in [0.2, 0.25) is 0 Å². The highest BCUT2D eigenvalue weighted by atomic mass is 16.2. The summed E-state index contributed by atoms with van der Waals surface area (Å²) in [5, 5.41) is 10.1. The Morgan fingerprint density at radius 3 is 2.62 bits per heavy atom. The third-order valence-electron chi connectivity index (χ3n) is 3.12. The van der Waals surface area contributed by atoms with Crippen molar-refractivity contribution < 1.29 is 4.79 Å². The highest BCUT2D eigenvalue weighted by Crippen LogP contribution is 2.13. The summed E-state index contributed by atoms with van der Waals surface area (Å²) >= 11 is 0. The quantitative estimate of drug-likeness (QED) is 0.652. The van der Waals surface area contributed by atoms with Crippen LogP contribution in [0.4, 0.5) is 0 Å². The van der Waals surface area contributed by atoms with Gasteiger partial charge in [0.2, 0.25) is 5.91 Å². The van der Waals surface area contributed by atoms with Crippen LogP contribution in [-0.4, -0.2) is 29.4 Å². The van der Waals surface area contributed by atoms with E-state index in [1.807, 2.05) is 4.90 Å². The van der Waals surface area contributed by atoms with E-state index in [9.17, 15) is 4.79 Å². The maximum atomic E-state index is 11.1. The smallest absolute Gasteiger partial charge is 0.246 e. The summed E-state index contributed by atoms with van der Waals surface area (Å²) in [6.45, 7) is 4.66. The highest BCUT2D eigenvalue weighted by Gasteiger charge is 2.27. The second-order valence-corrected chi connectivity index (χ2v) is 4.58. The Morgan fingerprint density at radius 2 is 2.06 bits per heavy atom. The van der Waals surface area contributed by atoms with Gasteiger partial charge in [0.1, 0.15) is 6.54 Å². The molecule has 16 heavy (non-hydrogen) atoms. The monoisotopic (exact) mass is 225 g/mol.